The van der Waals surface area contributed by atoms with Crippen LogP contribution in [0.15, 0.2) is 16.7 Å². The van der Waals surface area contributed by atoms with Gasteiger partial charge in [-0.25, -0.2) is 14.8 Å². The number of oxazole rings is 1. The highest BCUT2D eigenvalue weighted by molar-refractivity contribution is 5.99. The first-order chi connectivity index (χ1) is 7.39. The molecule has 2 rings (SSSR count). The fraction of sp³-hybridized carbons (Fsp3) is 0.364. The molecule has 0 atom stereocenters. The molecule has 16 heavy (non-hydrogen) atoms. The largest absolute Gasteiger partial charge is 0.478 e. The molecule has 2 aromatic heterocycles. The second kappa shape index (κ2) is 3.30. The van der Waals surface area contributed by atoms with Crippen LogP contribution in [0.25, 0.3) is 11.2 Å². The molecule has 0 saturated heterocycles. The van der Waals surface area contributed by atoms with Gasteiger partial charge in [0.15, 0.2) is 0 Å². The number of nitrogens with zero attached hydrogens (tertiary/aromatic N) is 2. The molecule has 0 fully saturated rings. The molecule has 0 aromatic carbocycles. The summed E-state index contributed by atoms with van der Waals surface area (Å²) in [5.74, 6) is -0.537. The van der Waals surface area contributed by atoms with E-state index in [0.29, 0.717) is 11.4 Å². The summed E-state index contributed by atoms with van der Waals surface area (Å²) in [5.41, 5.74) is 0.422. The van der Waals surface area contributed by atoms with Crippen molar-refractivity contribution in [2.24, 2.45) is 0 Å². The highest BCUT2D eigenvalue weighted by Gasteiger charge is 2.23. The molecule has 0 amide bonds. The van der Waals surface area contributed by atoms with Crippen LogP contribution in [0, 0.1) is 0 Å². The minimum absolute atomic E-state index is 0.115. The summed E-state index contributed by atoms with van der Waals surface area (Å²) in [6.45, 7) is 5.83. The number of hydrogen-bond acceptors (Lipinski definition) is 4. The van der Waals surface area contributed by atoms with E-state index in [2.05, 4.69) is 9.97 Å². The standard InChI is InChI=1S/C11H12N2O3/c1-11(2,3)10-13-7-6(9(14)15)4-5-12-8(7)16-10/h4-5H,1-3H3,(H,14,15). The van der Waals surface area contributed by atoms with Gasteiger partial charge in [-0.15, -0.1) is 0 Å². The smallest absolute Gasteiger partial charge is 0.338 e. The van der Waals surface area contributed by atoms with E-state index in [1.165, 1.54) is 12.3 Å². The van der Waals surface area contributed by atoms with E-state index in [-0.39, 0.29) is 16.7 Å². The first-order valence-corrected chi connectivity index (χ1v) is 4.89. The van der Waals surface area contributed by atoms with Crippen molar-refractivity contribution in [1.29, 1.82) is 0 Å². The average Bonchev–Trinajstić information content (AvgIpc) is 2.59. The Morgan fingerprint density at radius 2 is 2.12 bits per heavy atom. The predicted octanol–water partition coefficient (Wildman–Crippen LogP) is 2.22. The lowest BCUT2D eigenvalue weighted by atomic mass is 9.97. The highest BCUT2D eigenvalue weighted by atomic mass is 16.4. The van der Waals surface area contributed by atoms with Crippen molar-refractivity contribution >= 4 is 17.2 Å². The van der Waals surface area contributed by atoms with Gasteiger partial charge in [0, 0.05) is 11.6 Å². The number of hydrogen-bond donors (Lipinski definition) is 1. The Labute approximate surface area is 92.1 Å². The van der Waals surface area contributed by atoms with Gasteiger partial charge in [-0.05, 0) is 6.07 Å². The number of carboxylic acid groups (broad SMARTS) is 1. The molecule has 1 N–H and O–H groups in total. The fourth-order valence-electron chi connectivity index (χ4n) is 1.33. The molecule has 2 aromatic rings. The van der Waals surface area contributed by atoms with Gasteiger partial charge in [0.05, 0.1) is 5.56 Å². The molecule has 84 valence electrons. The Morgan fingerprint density at radius 1 is 1.44 bits per heavy atom. The normalized spacial score (nSPS) is 11.9. The van der Waals surface area contributed by atoms with E-state index < -0.39 is 5.97 Å². The summed E-state index contributed by atoms with van der Waals surface area (Å²) in [6, 6.07) is 1.42. The second-order valence-corrected chi connectivity index (χ2v) is 4.59. The predicted molar refractivity (Wildman–Crippen MR) is 57.5 cm³/mol. The van der Waals surface area contributed by atoms with Crippen molar-refractivity contribution in [3.05, 3.63) is 23.7 Å². The molecular formula is C11H12N2O3. The SMILES string of the molecule is CC(C)(C)c1nc2c(C(=O)O)ccnc2o1. The summed E-state index contributed by atoms with van der Waals surface area (Å²) in [4.78, 5) is 19.1. The monoisotopic (exact) mass is 220 g/mol. The van der Waals surface area contributed by atoms with E-state index in [9.17, 15) is 4.79 Å². The van der Waals surface area contributed by atoms with Crippen molar-refractivity contribution < 1.29 is 14.3 Å². The number of carbonyl (C=O) groups is 1. The van der Waals surface area contributed by atoms with Gasteiger partial charge >= 0.3 is 5.97 Å². The van der Waals surface area contributed by atoms with Gasteiger partial charge in [0.25, 0.3) is 0 Å². The quantitative estimate of drug-likeness (QED) is 0.797. The third kappa shape index (κ3) is 1.64. The van der Waals surface area contributed by atoms with Crippen LogP contribution < -0.4 is 0 Å². The molecule has 0 radical (unpaired) electrons. The first-order valence-electron chi connectivity index (χ1n) is 4.89. The van der Waals surface area contributed by atoms with Gasteiger partial charge in [-0.2, -0.15) is 0 Å². The molecule has 5 heteroatoms. The maximum Gasteiger partial charge on any atom is 0.338 e. The Bertz CT molecular complexity index is 552. The van der Waals surface area contributed by atoms with Gasteiger partial charge in [-0.3, -0.25) is 0 Å². The van der Waals surface area contributed by atoms with Crippen LogP contribution >= 0.6 is 0 Å². The summed E-state index contributed by atoms with van der Waals surface area (Å²) in [7, 11) is 0. The van der Waals surface area contributed by atoms with E-state index in [4.69, 9.17) is 9.52 Å². The van der Waals surface area contributed by atoms with Crippen LogP contribution in [0.2, 0.25) is 0 Å². The molecule has 0 aliphatic carbocycles. The summed E-state index contributed by atoms with van der Waals surface area (Å²) < 4.78 is 5.44. The number of rotatable bonds is 1. The Balaban J connectivity index is 2.71. The van der Waals surface area contributed by atoms with E-state index >= 15 is 0 Å². The van der Waals surface area contributed by atoms with Gasteiger partial charge in [-0.1, -0.05) is 20.8 Å². The van der Waals surface area contributed by atoms with Crippen LogP contribution in [-0.4, -0.2) is 21.0 Å². The molecule has 0 aliphatic heterocycles. The van der Waals surface area contributed by atoms with Crippen LogP contribution in [0.3, 0.4) is 0 Å². The molecule has 0 unspecified atom stereocenters. The van der Waals surface area contributed by atoms with Crippen molar-refractivity contribution in [3.8, 4) is 0 Å². The third-order valence-electron chi connectivity index (χ3n) is 2.17. The number of fused-ring (bicyclic) bond motifs is 1. The first kappa shape index (κ1) is 10.6. The zero-order valence-electron chi connectivity index (χ0n) is 9.31. The number of carboxylic acids is 1. The van der Waals surface area contributed by atoms with Crippen LogP contribution in [0.5, 0.6) is 0 Å². The minimum Gasteiger partial charge on any atom is -0.478 e. The number of aromatic nitrogens is 2. The van der Waals surface area contributed by atoms with Gasteiger partial charge < -0.3 is 9.52 Å². The van der Waals surface area contributed by atoms with Crippen LogP contribution in [-0.2, 0) is 5.41 Å². The fourth-order valence-corrected chi connectivity index (χ4v) is 1.33. The molecule has 0 saturated carbocycles. The topological polar surface area (TPSA) is 76.2 Å². The zero-order valence-corrected chi connectivity index (χ0v) is 9.31. The molecule has 0 spiro atoms. The third-order valence-corrected chi connectivity index (χ3v) is 2.17. The van der Waals surface area contributed by atoms with E-state index in [1.54, 1.807) is 0 Å². The zero-order chi connectivity index (χ0) is 11.9. The van der Waals surface area contributed by atoms with Crippen molar-refractivity contribution in [2.45, 2.75) is 26.2 Å². The molecular weight excluding hydrogens is 208 g/mol. The second-order valence-electron chi connectivity index (χ2n) is 4.59. The maximum absolute atomic E-state index is 11.0. The lowest BCUT2D eigenvalue weighted by Crippen LogP contribution is -2.11. The minimum atomic E-state index is -1.03. The molecule has 0 bridgehead atoms. The van der Waals surface area contributed by atoms with Gasteiger partial charge in [0.2, 0.25) is 11.6 Å². The van der Waals surface area contributed by atoms with Crippen molar-refractivity contribution in [1.82, 2.24) is 9.97 Å². The summed E-state index contributed by atoms with van der Waals surface area (Å²) in [5, 5.41) is 8.99. The average molecular weight is 220 g/mol. The number of aromatic carboxylic acids is 1. The van der Waals surface area contributed by atoms with Crippen LogP contribution in [0.1, 0.15) is 37.0 Å². The molecule has 0 aliphatic rings. The maximum atomic E-state index is 11.0. The highest BCUT2D eigenvalue weighted by Crippen LogP contribution is 2.26. The lowest BCUT2D eigenvalue weighted by molar-refractivity contribution is 0.0698. The lowest BCUT2D eigenvalue weighted by Gasteiger charge is -2.11. The molecule has 5 nitrogen and oxygen atoms in total. The Hall–Kier alpha value is -1.91. The van der Waals surface area contributed by atoms with E-state index in [1.807, 2.05) is 20.8 Å². The van der Waals surface area contributed by atoms with Crippen LogP contribution in [0.4, 0.5) is 0 Å². The van der Waals surface area contributed by atoms with Crippen molar-refractivity contribution in [3.63, 3.8) is 0 Å². The Kier molecular flexibility index (Phi) is 2.18. The van der Waals surface area contributed by atoms with Gasteiger partial charge in [0.1, 0.15) is 5.52 Å². The summed E-state index contributed by atoms with van der Waals surface area (Å²) >= 11 is 0. The molecule has 2 heterocycles. The summed E-state index contributed by atoms with van der Waals surface area (Å²) in [6.07, 6.45) is 1.41. The Morgan fingerprint density at radius 3 is 2.69 bits per heavy atom. The number of pyridine rings is 1. The van der Waals surface area contributed by atoms with Crippen molar-refractivity contribution in [2.75, 3.05) is 0 Å². The van der Waals surface area contributed by atoms with E-state index in [0.717, 1.165) is 0 Å².